The van der Waals surface area contributed by atoms with Crippen LogP contribution in [0.3, 0.4) is 0 Å². The SMILES string of the molecule is CSOCC1(c2cccc(C(F)(F)F)n2)CC1COS(C)=O. The third-order valence-corrected chi connectivity index (χ3v) is 4.47. The molecule has 1 aromatic rings. The molecule has 1 aliphatic rings. The summed E-state index contributed by atoms with van der Waals surface area (Å²) >= 11 is -0.258. The average molecular weight is 355 g/mol. The van der Waals surface area contributed by atoms with Crippen molar-refractivity contribution in [2.24, 2.45) is 5.92 Å². The van der Waals surface area contributed by atoms with Crippen LogP contribution in [0, 0.1) is 5.92 Å². The molecule has 0 spiro atoms. The Bertz CT molecular complexity index is 556. The Morgan fingerprint density at radius 1 is 1.50 bits per heavy atom. The van der Waals surface area contributed by atoms with Crippen LogP contribution in [0.4, 0.5) is 13.2 Å². The second kappa shape index (κ2) is 6.86. The van der Waals surface area contributed by atoms with Crippen LogP contribution in [0.2, 0.25) is 0 Å². The first-order chi connectivity index (χ1) is 10.3. The number of halogens is 3. The highest BCUT2D eigenvalue weighted by molar-refractivity contribution is 7.93. The summed E-state index contributed by atoms with van der Waals surface area (Å²) in [5.74, 6) is -0.0560. The zero-order chi connectivity index (χ0) is 16.4. The highest BCUT2D eigenvalue weighted by Crippen LogP contribution is 2.54. The first kappa shape index (κ1) is 17.7. The molecular weight excluding hydrogens is 339 g/mol. The molecule has 0 aromatic carbocycles. The molecule has 0 aliphatic heterocycles. The van der Waals surface area contributed by atoms with Crippen LogP contribution >= 0.6 is 12.0 Å². The summed E-state index contributed by atoms with van der Waals surface area (Å²) in [6.45, 7) is 0.450. The first-order valence-electron chi connectivity index (χ1n) is 6.46. The van der Waals surface area contributed by atoms with E-state index in [9.17, 15) is 17.4 Å². The maximum Gasteiger partial charge on any atom is 0.433 e. The molecule has 2 rings (SSSR count). The minimum atomic E-state index is -4.48. The Labute approximate surface area is 133 Å². The van der Waals surface area contributed by atoms with Gasteiger partial charge in [0, 0.05) is 23.6 Å². The molecular formula is C13H16F3NO3S2. The molecule has 1 aromatic heterocycles. The lowest BCUT2D eigenvalue weighted by atomic mass is 9.99. The lowest BCUT2D eigenvalue weighted by Gasteiger charge is -2.17. The normalized spacial score (nSPS) is 26.0. The van der Waals surface area contributed by atoms with Gasteiger partial charge in [-0.15, -0.1) is 0 Å². The van der Waals surface area contributed by atoms with Gasteiger partial charge in [0.05, 0.1) is 13.2 Å². The Morgan fingerprint density at radius 2 is 2.23 bits per heavy atom. The maximum absolute atomic E-state index is 12.8. The molecule has 0 amide bonds. The number of pyridine rings is 1. The van der Waals surface area contributed by atoms with Gasteiger partial charge in [-0.3, -0.25) is 4.18 Å². The molecule has 4 nitrogen and oxygen atoms in total. The van der Waals surface area contributed by atoms with Crippen molar-refractivity contribution in [3.63, 3.8) is 0 Å². The van der Waals surface area contributed by atoms with E-state index in [2.05, 4.69) is 4.98 Å². The summed E-state index contributed by atoms with van der Waals surface area (Å²) in [6, 6.07) is 3.86. The van der Waals surface area contributed by atoms with Crippen molar-refractivity contribution in [3.05, 3.63) is 29.6 Å². The molecule has 1 fully saturated rings. The molecule has 1 aliphatic carbocycles. The van der Waals surface area contributed by atoms with Gasteiger partial charge in [0.25, 0.3) is 0 Å². The van der Waals surface area contributed by atoms with Gasteiger partial charge in [0.1, 0.15) is 5.69 Å². The zero-order valence-corrected chi connectivity index (χ0v) is 13.7. The summed E-state index contributed by atoms with van der Waals surface area (Å²) in [4.78, 5) is 3.76. The largest absolute Gasteiger partial charge is 0.433 e. The van der Waals surface area contributed by atoms with E-state index in [-0.39, 0.29) is 19.1 Å². The molecule has 3 atom stereocenters. The highest BCUT2D eigenvalue weighted by atomic mass is 32.2. The Morgan fingerprint density at radius 3 is 2.82 bits per heavy atom. The fourth-order valence-electron chi connectivity index (χ4n) is 2.38. The van der Waals surface area contributed by atoms with E-state index >= 15 is 0 Å². The third-order valence-electron chi connectivity index (χ3n) is 3.65. The highest BCUT2D eigenvalue weighted by Gasteiger charge is 2.57. The number of rotatable bonds is 7. The van der Waals surface area contributed by atoms with Crippen LogP contribution in [-0.2, 0) is 31.0 Å². The van der Waals surface area contributed by atoms with Crippen molar-refractivity contribution >= 4 is 23.1 Å². The van der Waals surface area contributed by atoms with E-state index in [4.69, 9.17) is 8.37 Å². The molecule has 9 heteroatoms. The van der Waals surface area contributed by atoms with E-state index in [0.717, 1.165) is 18.1 Å². The second-order valence-corrected chi connectivity index (χ2v) is 6.69. The quantitative estimate of drug-likeness (QED) is 0.704. The van der Waals surface area contributed by atoms with Gasteiger partial charge in [0.15, 0.2) is 11.1 Å². The number of nitrogens with zero attached hydrogens (tertiary/aromatic N) is 1. The Kier molecular flexibility index (Phi) is 5.52. The molecule has 0 N–H and O–H groups in total. The molecule has 22 heavy (non-hydrogen) atoms. The van der Waals surface area contributed by atoms with E-state index in [1.807, 2.05) is 0 Å². The van der Waals surface area contributed by atoms with Gasteiger partial charge in [-0.25, -0.2) is 9.19 Å². The van der Waals surface area contributed by atoms with Crippen molar-refractivity contribution in [1.82, 2.24) is 4.98 Å². The smallest absolute Gasteiger partial charge is 0.315 e. The van der Waals surface area contributed by atoms with E-state index < -0.39 is 28.4 Å². The molecule has 3 unspecified atom stereocenters. The minimum absolute atomic E-state index is 0.0560. The predicted molar refractivity (Wildman–Crippen MR) is 78.5 cm³/mol. The van der Waals surface area contributed by atoms with Crippen molar-refractivity contribution in [1.29, 1.82) is 0 Å². The van der Waals surface area contributed by atoms with Crippen molar-refractivity contribution in [3.8, 4) is 0 Å². The topological polar surface area (TPSA) is 48.4 Å². The van der Waals surface area contributed by atoms with Crippen molar-refractivity contribution in [2.75, 3.05) is 25.7 Å². The summed E-state index contributed by atoms with van der Waals surface area (Å²) in [5, 5.41) is 0. The number of alkyl halides is 3. The molecule has 0 bridgehead atoms. The van der Waals surface area contributed by atoms with Gasteiger partial charge < -0.3 is 4.18 Å². The maximum atomic E-state index is 12.8. The zero-order valence-electron chi connectivity index (χ0n) is 12.1. The van der Waals surface area contributed by atoms with E-state index in [1.165, 1.54) is 12.3 Å². The lowest BCUT2D eigenvalue weighted by Crippen LogP contribution is -2.22. The monoisotopic (exact) mass is 355 g/mol. The minimum Gasteiger partial charge on any atom is -0.315 e. The molecule has 1 heterocycles. The van der Waals surface area contributed by atoms with Gasteiger partial charge in [0.2, 0.25) is 0 Å². The van der Waals surface area contributed by atoms with Crippen LogP contribution in [-0.4, -0.2) is 34.9 Å². The van der Waals surface area contributed by atoms with Gasteiger partial charge in [-0.2, -0.15) is 13.2 Å². The molecule has 0 radical (unpaired) electrons. The lowest BCUT2D eigenvalue weighted by molar-refractivity contribution is -0.141. The van der Waals surface area contributed by atoms with Gasteiger partial charge in [-0.1, -0.05) is 6.07 Å². The number of hydrogen-bond acceptors (Lipinski definition) is 5. The Balaban J connectivity index is 2.22. The van der Waals surface area contributed by atoms with Crippen LogP contribution in [0.5, 0.6) is 0 Å². The van der Waals surface area contributed by atoms with Crippen LogP contribution in [0.1, 0.15) is 17.8 Å². The van der Waals surface area contributed by atoms with Gasteiger partial charge >= 0.3 is 6.18 Å². The molecule has 1 saturated carbocycles. The van der Waals surface area contributed by atoms with Crippen LogP contribution < -0.4 is 0 Å². The van der Waals surface area contributed by atoms with Crippen LogP contribution in [0.25, 0.3) is 0 Å². The van der Waals surface area contributed by atoms with Gasteiger partial charge in [-0.05, 0) is 36.5 Å². The second-order valence-electron chi connectivity index (χ2n) is 5.08. The fraction of sp³-hybridized carbons (Fsp3) is 0.615. The standard InChI is InChI=1S/C13H16F3NO3S2/c1-21-19-8-12(6-9(12)7-20-22(2)18)10-4-3-5-11(17-10)13(14,15)16/h3-5,9H,6-8H2,1-2H3. The predicted octanol–water partition coefficient (Wildman–Crippen LogP) is 2.96. The number of hydrogen-bond donors (Lipinski definition) is 0. The van der Waals surface area contributed by atoms with E-state index in [1.54, 1.807) is 12.3 Å². The van der Waals surface area contributed by atoms with Crippen molar-refractivity contribution in [2.45, 2.75) is 18.0 Å². The summed E-state index contributed by atoms with van der Waals surface area (Å²) in [6.07, 6.45) is -0.740. The molecule has 0 saturated heterocycles. The van der Waals surface area contributed by atoms with Crippen molar-refractivity contribution < 1.29 is 25.7 Å². The average Bonchev–Trinajstić information content (AvgIpc) is 3.17. The molecule has 124 valence electrons. The first-order valence-corrected chi connectivity index (χ1v) is 9.10. The summed E-state index contributed by atoms with van der Waals surface area (Å²) in [7, 11) is 0. The fourth-order valence-corrected chi connectivity index (χ4v) is 3.06. The summed E-state index contributed by atoms with van der Waals surface area (Å²) in [5.41, 5.74) is -1.19. The van der Waals surface area contributed by atoms with E-state index in [0.29, 0.717) is 12.1 Å². The third kappa shape index (κ3) is 4.01. The summed E-state index contributed by atoms with van der Waals surface area (Å²) < 4.78 is 59.9. The number of aromatic nitrogens is 1. The van der Waals surface area contributed by atoms with Crippen LogP contribution in [0.15, 0.2) is 18.2 Å². The Hall–Kier alpha value is -0.640.